The molecule has 1 aliphatic rings. The number of carbonyl (C=O) groups excluding carboxylic acids is 1. The fraction of sp³-hybridized carbons (Fsp3) is 0.278. The average Bonchev–Trinajstić information content (AvgIpc) is 2.54. The van der Waals surface area contributed by atoms with Gasteiger partial charge in [0, 0.05) is 11.5 Å². The molecule has 0 aromatic heterocycles. The Kier molecular flexibility index (Phi) is 4.37. The van der Waals surface area contributed by atoms with Crippen molar-refractivity contribution in [2.45, 2.75) is 25.4 Å². The van der Waals surface area contributed by atoms with E-state index in [1.807, 2.05) is 30.3 Å². The number of halogens is 1. The first-order chi connectivity index (χ1) is 10.7. The van der Waals surface area contributed by atoms with Gasteiger partial charge in [0.1, 0.15) is 18.2 Å². The molecule has 2 aromatic rings. The minimum absolute atomic E-state index is 0.0530. The number of esters is 1. The molecule has 0 saturated carbocycles. The van der Waals surface area contributed by atoms with Crippen LogP contribution in [0, 0.1) is 5.82 Å². The molecule has 4 heteroatoms. The van der Waals surface area contributed by atoms with Crippen molar-refractivity contribution >= 4 is 5.97 Å². The number of cyclic esters (lactones) is 1. The molecule has 3 rings (SSSR count). The van der Waals surface area contributed by atoms with Gasteiger partial charge in [-0.3, -0.25) is 4.79 Å². The summed E-state index contributed by atoms with van der Waals surface area (Å²) in [5.41, 5.74) is 1.79. The quantitative estimate of drug-likeness (QED) is 0.805. The van der Waals surface area contributed by atoms with E-state index in [4.69, 9.17) is 9.47 Å². The third-order valence-electron chi connectivity index (χ3n) is 3.79. The molecule has 1 atom stereocenters. The van der Waals surface area contributed by atoms with Crippen molar-refractivity contribution in [3.8, 4) is 5.75 Å². The fourth-order valence-corrected chi connectivity index (χ4v) is 2.65. The molecule has 0 amide bonds. The summed E-state index contributed by atoms with van der Waals surface area (Å²) in [7, 11) is 0. The zero-order chi connectivity index (χ0) is 15.4. The molecular formula is C18H17FO3. The third kappa shape index (κ3) is 3.45. The van der Waals surface area contributed by atoms with Gasteiger partial charge < -0.3 is 9.47 Å². The lowest BCUT2D eigenvalue weighted by atomic mass is 9.90. The van der Waals surface area contributed by atoms with Gasteiger partial charge in [-0.25, -0.2) is 4.39 Å². The highest BCUT2D eigenvalue weighted by molar-refractivity contribution is 5.71. The maximum Gasteiger partial charge on any atom is 0.306 e. The number of hydrogen-bond acceptors (Lipinski definition) is 3. The largest absolute Gasteiger partial charge is 0.489 e. The van der Waals surface area contributed by atoms with Gasteiger partial charge in [0.25, 0.3) is 0 Å². The Bertz CT molecular complexity index is 655. The van der Waals surface area contributed by atoms with E-state index in [9.17, 15) is 9.18 Å². The fourth-order valence-electron chi connectivity index (χ4n) is 2.65. The summed E-state index contributed by atoms with van der Waals surface area (Å²) in [6.45, 7) is 0.786. The predicted octanol–water partition coefficient (Wildman–Crippen LogP) is 3.83. The van der Waals surface area contributed by atoms with Crippen LogP contribution in [-0.2, 0) is 16.1 Å². The Morgan fingerprint density at radius 2 is 2.00 bits per heavy atom. The number of hydrogen-bond donors (Lipinski definition) is 0. The van der Waals surface area contributed by atoms with Crippen molar-refractivity contribution in [2.24, 2.45) is 0 Å². The van der Waals surface area contributed by atoms with Gasteiger partial charge in [0.05, 0.1) is 13.0 Å². The summed E-state index contributed by atoms with van der Waals surface area (Å²) in [6.07, 6.45) is 0.960. The third-order valence-corrected chi connectivity index (χ3v) is 3.79. The lowest BCUT2D eigenvalue weighted by molar-refractivity contribution is -0.147. The molecule has 0 spiro atoms. The lowest BCUT2D eigenvalue weighted by Crippen LogP contribution is -2.20. The van der Waals surface area contributed by atoms with Gasteiger partial charge in [-0.05, 0) is 30.2 Å². The van der Waals surface area contributed by atoms with Crippen molar-refractivity contribution in [3.05, 3.63) is 65.5 Å². The zero-order valence-corrected chi connectivity index (χ0v) is 12.1. The molecular weight excluding hydrogens is 283 g/mol. The molecule has 1 unspecified atom stereocenters. The molecule has 0 N–H and O–H groups in total. The van der Waals surface area contributed by atoms with E-state index in [-0.39, 0.29) is 24.1 Å². The van der Waals surface area contributed by atoms with Gasteiger partial charge in [0.2, 0.25) is 0 Å². The molecule has 22 heavy (non-hydrogen) atoms. The standard InChI is InChI=1S/C18H17FO3/c19-15-6-7-17(22-12-13-4-2-1-3-5-13)16(11-15)14-8-9-21-18(20)10-14/h1-7,11,14H,8-10,12H2. The highest BCUT2D eigenvalue weighted by Crippen LogP contribution is 2.35. The second-order valence-electron chi connectivity index (χ2n) is 5.37. The van der Waals surface area contributed by atoms with Crippen molar-refractivity contribution in [1.82, 2.24) is 0 Å². The summed E-state index contributed by atoms with van der Waals surface area (Å²) in [5, 5.41) is 0. The SMILES string of the molecule is O=C1CC(c2cc(F)ccc2OCc2ccccc2)CCO1. The lowest BCUT2D eigenvalue weighted by Gasteiger charge is -2.23. The smallest absolute Gasteiger partial charge is 0.306 e. The Balaban J connectivity index is 1.79. The number of ether oxygens (including phenoxy) is 2. The van der Waals surface area contributed by atoms with Crippen LogP contribution in [0.2, 0.25) is 0 Å². The Morgan fingerprint density at radius 3 is 2.77 bits per heavy atom. The van der Waals surface area contributed by atoms with E-state index in [2.05, 4.69) is 0 Å². The normalized spacial score (nSPS) is 17.9. The Morgan fingerprint density at radius 1 is 1.18 bits per heavy atom. The number of benzene rings is 2. The second kappa shape index (κ2) is 6.60. The van der Waals surface area contributed by atoms with Gasteiger partial charge in [0.15, 0.2) is 0 Å². The van der Waals surface area contributed by atoms with Crippen molar-refractivity contribution in [3.63, 3.8) is 0 Å². The van der Waals surface area contributed by atoms with Crippen LogP contribution in [0.1, 0.15) is 29.9 Å². The monoisotopic (exact) mass is 300 g/mol. The Labute approximate surface area is 128 Å². The van der Waals surface area contributed by atoms with Crippen LogP contribution in [0.3, 0.4) is 0 Å². The van der Waals surface area contributed by atoms with Crippen LogP contribution in [-0.4, -0.2) is 12.6 Å². The average molecular weight is 300 g/mol. The molecule has 114 valence electrons. The van der Waals surface area contributed by atoms with Crippen LogP contribution in [0.5, 0.6) is 5.75 Å². The molecule has 3 nitrogen and oxygen atoms in total. The summed E-state index contributed by atoms with van der Waals surface area (Å²) in [4.78, 5) is 11.5. The highest BCUT2D eigenvalue weighted by Gasteiger charge is 2.25. The van der Waals surface area contributed by atoms with E-state index < -0.39 is 0 Å². The number of carbonyl (C=O) groups is 1. The molecule has 1 fully saturated rings. The van der Waals surface area contributed by atoms with Gasteiger partial charge in [-0.15, -0.1) is 0 Å². The van der Waals surface area contributed by atoms with Crippen LogP contribution in [0.15, 0.2) is 48.5 Å². The Hall–Kier alpha value is -2.36. The maximum atomic E-state index is 13.6. The first-order valence-electron chi connectivity index (χ1n) is 7.34. The molecule has 0 radical (unpaired) electrons. The van der Waals surface area contributed by atoms with Gasteiger partial charge >= 0.3 is 5.97 Å². The van der Waals surface area contributed by atoms with E-state index in [1.165, 1.54) is 12.1 Å². The summed E-state index contributed by atoms with van der Waals surface area (Å²) in [6, 6.07) is 14.3. The maximum absolute atomic E-state index is 13.6. The summed E-state index contributed by atoms with van der Waals surface area (Å²) >= 11 is 0. The predicted molar refractivity (Wildman–Crippen MR) is 80.1 cm³/mol. The summed E-state index contributed by atoms with van der Waals surface area (Å²) in [5.74, 6) is 0.0169. The first-order valence-corrected chi connectivity index (χ1v) is 7.34. The minimum atomic E-state index is -0.319. The number of rotatable bonds is 4. The van der Waals surface area contributed by atoms with E-state index >= 15 is 0 Å². The topological polar surface area (TPSA) is 35.5 Å². The molecule has 2 aromatic carbocycles. The van der Waals surface area contributed by atoms with E-state index in [0.29, 0.717) is 25.4 Å². The van der Waals surface area contributed by atoms with Crippen LogP contribution < -0.4 is 4.74 Å². The van der Waals surface area contributed by atoms with Gasteiger partial charge in [-0.1, -0.05) is 30.3 Å². The summed E-state index contributed by atoms with van der Waals surface area (Å²) < 4.78 is 24.4. The molecule has 0 bridgehead atoms. The van der Waals surface area contributed by atoms with Crippen molar-refractivity contribution in [1.29, 1.82) is 0 Å². The second-order valence-corrected chi connectivity index (χ2v) is 5.37. The van der Waals surface area contributed by atoms with E-state index in [0.717, 1.165) is 11.1 Å². The highest BCUT2D eigenvalue weighted by atomic mass is 19.1. The van der Waals surface area contributed by atoms with Gasteiger partial charge in [-0.2, -0.15) is 0 Å². The minimum Gasteiger partial charge on any atom is -0.489 e. The zero-order valence-electron chi connectivity index (χ0n) is 12.1. The van der Waals surface area contributed by atoms with E-state index in [1.54, 1.807) is 6.07 Å². The molecule has 1 saturated heterocycles. The van der Waals surface area contributed by atoms with Crippen LogP contribution >= 0.6 is 0 Å². The molecule has 0 aliphatic carbocycles. The van der Waals surface area contributed by atoms with Crippen molar-refractivity contribution in [2.75, 3.05) is 6.61 Å². The first kappa shape index (κ1) is 14.6. The molecule has 1 heterocycles. The van der Waals surface area contributed by atoms with Crippen LogP contribution in [0.4, 0.5) is 4.39 Å². The van der Waals surface area contributed by atoms with Crippen molar-refractivity contribution < 1.29 is 18.7 Å². The van der Waals surface area contributed by atoms with Crippen LogP contribution in [0.25, 0.3) is 0 Å². The molecule has 1 aliphatic heterocycles.